The van der Waals surface area contributed by atoms with Gasteiger partial charge in [-0.25, -0.2) is 0 Å². The molecule has 0 N–H and O–H groups in total. The fraction of sp³-hybridized carbons (Fsp3) is 0. The second-order valence-electron chi connectivity index (χ2n) is 34.3. The number of rotatable bonds is 9. The Hall–Kier alpha value is -18.0. The summed E-state index contributed by atoms with van der Waals surface area (Å²) in [7, 11) is 0. The van der Waals surface area contributed by atoms with Gasteiger partial charge in [0.25, 0.3) is 0 Å². The molecule has 0 fully saturated rings. The summed E-state index contributed by atoms with van der Waals surface area (Å²) in [4.78, 5) is 0. The standard InChI is InChI=1S/C48H30O.C46H28O.C40H24O/c1-2-11-31(12-3-1)32-21-23-33(24-22-32)34-25-27-35(28-26-34)46-38-15-6-8-17-40(38)47(41-18-9-7-16-39(41)46)42-19-10-20-44-48(42)43-29-36-13-4-5-14-37(36)30-45(43)49-44;1-2-13-29(14-3-1)40-27-33(25-32-17-6-7-18-34(32)40)44-35-19-8-10-21-37(35)45(38-22-11-9-20-36(38)44)39-23-12-24-42-46(39)41-26-30-15-4-5-16-31(30)28-43(41)47-42;1-2-13-27-24-37-35(23-26(27)12-1)40-34(21-10-22-36(40)41-37)39-32-18-7-5-16-30(32)38(31-17-6-8-19-33(31)39)29-20-9-14-25-11-3-4-15-28(25)29/h1-30H;1-28H;1-24H/i6D,7D,8D,9D,15D,16D,17D,18D;8D,9D,10D,11D,19D,20D,21D,22D;5D,6D,7D,8D,16D,17D,18D,19D. The van der Waals surface area contributed by atoms with Crippen LogP contribution in [0.2, 0.25) is 0 Å². The van der Waals surface area contributed by atoms with Crippen molar-refractivity contribution in [3.05, 3.63) is 497 Å². The zero-order chi connectivity index (χ0) is 111. The highest BCUT2D eigenvalue weighted by Gasteiger charge is 2.27. The Kier molecular flexibility index (Phi) is 13.7. The Morgan fingerprint density at radius 1 is 0.131 bits per heavy atom. The molecule has 3 heterocycles. The molecule has 0 bridgehead atoms. The molecule has 0 aliphatic heterocycles. The van der Waals surface area contributed by atoms with Crippen LogP contribution in [0.15, 0.2) is 510 Å². The second kappa shape index (κ2) is 32.5. The van der Waals surface area contributed by atoms with Gasteiger partial charge in [-0.2, -0.15) is 0 Å². The maximum absolute atomic E-state index is 9.51. The lowest BCUT2D eigenvalue weighted by atomic mass is 9.83. The van der Waals surface area contributed by atoms with Crippen molar-refractivity contribution in [1.82, 2.24) is 0 Å². The zero-order valence-corrected chi connectivity index (χ0v) is 72.7. The minimum absolute atomic E-state index is 0.163. The van der Waals surface area contributed by atoms with Crippen LogP contribution in [0.4, 0.5) is 0 Å². The smallest absolute Gasteiger partial charge is 0.136 e. The SMILES string of the molecule is [2H]c1c([2H])c([2H])c2c(-c3cccc4oc5cc6ccccc6cc5c34)c3c([2H])c([2H])c([2H])c([2H])c3c(-c3cc(-c4ccccc4)c4ccccc4c3)c2c1[2H].[2H]c1c([2H])c([2H])c2c(-c3cccc4oc5cc6ccccc6cc5c34)c3c([2H])c([2H])c([2H])c([2H])c3c(-c3ccc(-c4ccc(-c5ccccc5)cc4)cc3)c2c1[2H].[2H]c1c([2H])c([2H])c2c(-c3cccc4oc5cc6ccccc6cc5c34)c3c([2H])c([2H])c([2H])c([2H])c3c(-c3cccc4ccccc34)c2c1[2H]. The van der Waals surface area contributed by atoms with E-state index in [9.17, 15) is 16.4 Å². The summed E-state index contributed by atoms with van der Waals surface area (Å²) in [6.07, 6.45) is 0. The number of fused-ring (bicyclic) bond motifs is 20. The number of furan rings is 3. The van der Waals surface area contributed by atoms with Crippen LogP contribution in [0.3, 0.4) is 0 Å². The molecule has 0 amide bonds. The van der Waals surface area contributed by atoms with Crippen molar-refractivity contribution in [2.24, 2.45) is 0 Å². The molecule has 26 aromatic carbocycles. The first-order valence-corrected chi connectivity index (χ1v) is 45.2. The monoisotopic (exact) mass is 1760 g/mol. The van der Waals surface area contributed by atoms with Gasteiger partial charge in [0, 0.05) is 32.3 Å². The summed E-state index contributed by atoms with van der Waals surface area (Å²) in [6, 6.07) is 104. The number of hydrogen-bond donors (Lipinski definition) is 0. The average molecular weight is 1760 g/mol. The normalized spacial score (nSPS) is 14.2. The third-order valence-electron chi connectivity index (χ3n) is 26.8. The molecule has 636 valence electrons. The van der Waals surface area contributed by atoms with Gasteiger partial charge in [0.1, 0.15) is 33.5 Å². The fourth-order valence-electron chi connectivity index (χ4n) is 20.8. The third kappa shape index (κ3) is 13.2. The van der Waals surface area contributed by atoms with Crippen LogP contribution in [-0.4, -0.2) is 0 Å². The Balaban J connectivity index is 0.000000117. The fourth-order valence-corrected chi connectivity index (χ4v) is 20.8. The van der Waals surface area contributed by atoms with Crippen LogP contribution in [0, 0.1) is 0 Å². The number of benzene rings is 26. The van der Waals surface area contributed by atoms with E-state index in [-0.39, 0.29) is 137 Å². The summed E-state index contributed by atoms with van der Waals surface area (Å²) < 4.78 is 239. The van der Waals surface area contributed by atoms with Crippen molar-refractivity contribution in [3.63, 3.8) is 0 Å². The van der Waals surface area contributed by atoms with E-state index in [0.29, 0.717) is 116 Å². The molecule has 29 rings (SSSR count). The van der Waals surface area contributed by atoms with Gasteiger partial charge in [-0.3, -0.25) is 0 Å². The molecule has 3 heteroatoms. The predicted octanol–water partition coefficient (Wildman–Crippen LogP) is 38.4. The maximum atomic E-state index is 9.51. The van der Waals surface area contributed by atoms with Crippen LogP contribution >= 0.6 is 0 Å². The van der Waals surface area contributed by atoms with Gasteiger partial charge in [-0.15, -0.1) is 0 Å². The van der Waals surface area contributed by atoms with E-state index in [1.54, 1.807) is 18.2 Å². The molecule has 0 unspecified atom stereocenters. The predicted molar refractivity (Wildman–Crippen MR) is 583 cm³/mol. The lowest BCUT2D eigenvalue weighted by Gasteiger charge is -2.19. The second-order valence-corrected chi connectivity index (χ2v) is 34.3. The molecule has 3 aromatic heterocycles. The molecule has 0 atom stereocenters. The van der Waals surface area contributed by atoms with Crippen molar-refractivity contribution in [1.29, 1.82) is 0 Å². The van der Waals surface area contributed by atoms with Crippen LogP contribution in [0.5, 0.6) is 0 Å². The zero-order valence-electron chi connectivity index (χ0n) is 96.7. The van der Waals surface area contributed by atoms with Crippen LogP contribution in [0.25, 0.3) is 284 Å². The first-order valence-electron chi connectivity index (χ1n) is 57.2. The van der Waals surface area contributed by atoms with Gasteiger partial charge in [0.05, 0.1) is 32.9 Å². The highest BCUT2D eigenvalue weighted by Crippen LogP contribution is 2.54. The lowest BCUT2D eigenvalue weighted by Crippen LogP contribution is -1.92. The van der Waals surface area contributed by atoms with E-state index in [0.717, 1.165) is 103 Å². The minimum Gasteiger partial charge on any atom is -0.456 e. The average Bonchev–Trinajstić information content (AvgIpc) is 1.69. The lowest BCUT2D eigenvalue weighted by molar-refractivity contribution is 0.669. The van der Waals surface area contributed by atoms with E-state index < -0.39 is 72.5 Å². The van der Waals surface area contributed by atoms with Crippen molar-refractivity contribution < 1.29 is 46.1 Å². The van der Waals surface area contributed by atoms with E-state index in [1.807, 2.05) is 309 Å². The Morgan fingerprint density at radius 2 is 0.380 bits per heavy atom. The molecule has 0 saturated heterocycles. The molecule has 29 aromatic rings. The largest absolute Gasteiger partial charge is 0.456 e. The van der Waals surface area contributed by atoms with Crippen molar-refractivity contribution >= 4 is 184 Å². The first kappa shape index (κ1) is 58.0. The van der Waals surface area contributed by atoms with E-state index in [4.69, 9.17) is 29.7 Å². The van der Waals surface area contributed by atoms with Gasteiger partial charge >= 0.3 is 0 Å². The Morgan fingerprint density at radius 3 is 0.737 bits per heavy atom. The third-order valence-corrected chi connectivity index (χ3v) is 26.8. The quantitative estimate of drug-likeness (QED) is 0.135. The van der Waals surface area contributed by atoms with Crippen molar-refractivity contribution in [2.45, 2.75) is 0 Å². The van der Waals surface area contributed by atoms with Gasteiger partial charge in [-0.05, 0) is 285 Å². The Labute approximate surface area is 823 Å². The molecule has 0 saturated carbocycles. The summed E-state index contributed by atoms with van der Waals surface area (Å²) in [6.45, 7) is 0. The van der Waals surface area contributed by atoms with Crippen LogP contribution in [0.1, 0.15) is 32.9 Å². The molecule has 137 heavy (non-hydrogen) atoms. The van der Waals surface area contributed by atoms with Crippen LogP contribution < -0.4 is 0 Å². The van der Waals surface area contributed by atoms with Crippen molar-refractivity contribution in [2.75, 3.05) is 0 Å². The molecule has 0 radical (unpaired) electrons. The van der Waals surface area contributed by atoms with E-state index >= 15 is 0 Å². The number of hydrogen-bond acceptors (Lipinski definition) is 3. The van der Waals surface area contributed by atoms with E-state index in [2.05, 4.69) is 24.3 Å². The molecule has 3 nitrogen and oxygen atoms in total. The van der Waals surface area contributed by atoms with Gasteiger partial charge < -0.3 is 13.3 Å². The van der Waals surface area contributed by atoms with Crippen LogP contribution in [-0.2, 0) is 0 Å². The van der Waals surface area contributed by atoms with Gasteiger partial charge in [0.2, 0.25) is 0 Å². The molecular weight excluding hydrogens is 1660 g/mol. The highest BCUT2D eigenvalue weighted by molar-refractivity contribution is 6.31. The van der Waals surface area contributed by atoms with Gasteiger partial charge in [0.15, 0.2) is 0 Å². The maximum Gasteiger partial charge on any atom is 0.136 e. The Bertz CT molecular complexity index is 11300. The van der Waals surface area contributed by atoms with E-state index in [1.165, 1.54) is 0 Å². The highest BCUT2D eigenvalue weighted by atomic mass is 16.3. The van der Waals surface area contributed by atoms with Crippen molar-refractivity contribution in [3.8, 4) is 100 Å². The topological polar surface area (TPSA) is 39.4 Å². The summed E-state index contributed by atoms with van der Waals surface area (Å²) in [5.74, 6) is 0. The summed E-state index contributed by atoms with van der Waals surface area (Å²) >= 11 is 0. The first-order chi connectivity index (χ1) is 77.9. The molecule has 0 spiro atoms. The summed E-state index contributed by atoms with van der Waals surface area (Å²) in [5, 5.41) is 15.8. The molecule has 0 aliphatic rings. The van der Waals surface area contributed by atoms with Gasteiger partial charge in [-0.1, -0.05) is 430 Å². The molecular formula is C134H82O3. The summed E-state index contributed by atoms with van der Waals surface area (Å²) in [5.41, 5.74) is 14.6. The minimum atomic E-state index is -0.441. The molecule has 0 aliphatic carbocycles.